The normalized spacial score (nSPS) is 11.9. The molecule has 0 saturated heterocycles. The van der Waals surface area contributed by atoms with Crippen molar-refractivity contribution in [3.63, 3.8) is 0 Å². The molecule has 0 bridgehead atoms. The molecule has 10 rings (SSSR count). The van der Waals surface area contributed by atoms with Crippen LogP contribution >= 0.6 is 0 Å². The lowest BCUT2D eigenvalue weighted by atomic mass is 9.89. The summed E-state index contributed by atoms with van der Waals surface area (Å²) in [6.07, 6.45) is 1.91. The Balaban J connectivity index is 1.11. The van der Waals surface area contributed by atoms with E-state index in [0.717, 1.165) is 55.2 Å². The number of benzene rings is 7. The molecule has 0 aliphatic heterocycles. The molecule has 3 nitrogen and oxygen atoms in total. The van der Waals surface area contributed by atoms with Crippen LogP contribution in [0.3, 0.4) is 0 Å². The monoisotopic (exact) mass is 583 g/mol. The second-order valence-electron chi connectivity index (χ2n) is 12.1. The zero-order valence-electron chi connectivity index (χ0n) is 24.8. The summed E-state index contributed by atoms with van der Waals surface area (Å²) in [6.45, 7) is 0. The Hall–Kier alpha value is -6.19. The van der Waals surface area contributed by atoms with Crippen LogP contribution in [0.15, 0.2) is 152 Å². The number of para-hydroxylation sites is 1. The Morgan fingerprint density at radius 2 is 0.957 bits per heavy atom. The zero-order valence-corrected chi connectivity index (χ0v) is 24.8. The highest BCUT2D eigenvalue weighted by atomic mass is 14.8. The van der Waals surface area contributed by atoms with Crippen LogP contribution in [0, 0.1) is 0 Å². The number of rotatable bonds is 3. The molecule has 0 N–H and O–H groups in total. The number of nitrogens with zero attached hydrogens (tertiary/aromatic N) is 3. The molecule has 46 heavy (non-hydrogen) atoms. The Labute approximate surface area is 264 Å². The van der Waals surface area contributed by atoms with Crippen LogP contribution in [0.25, 0.3) is 98.7 Å². The van der Waals surface area contributed by atoms with E-state index in [1.807, 2.05) is 24.4 Å². The lowest BCUT2D eigenvalue weighted by molar-refractivity contribution is 1.34. The molecule has 212 valence electrons. The van der Waals surface area contributed by atoms with Crippen molar-refractivity contribution in [3.05, 3.63) is 152 Å². The average Bonchev–Trinajstić information content (AvgIpc) is 3.13. The summed E-state index contributed by atoms with van der Waals surface area (Å²) >= 11 is 0. The molecule has 0 fully saturated rings. The number of pyridine rings is 3. The Bertz CT molecular complexity index is 2800. The van der Waals surface area contributed by atoms with E-state index in [9.17, 15) is 0 Å². The van der Waals surface area contributed by atoms with Crippen molar-refractivity contribution in [2.75, 3.05) is 0 Å². The molecule has 0 aliphatic rings. The number of hydrogen-bond donors (Lipinski definition) is 0. The highest BCUT2D eigenvalue weighted by Crippen LogP contribution is 2.40. The van der Waals surface area contributed by atoms with Crippen LogP contribution in [-0.4, -0.2) is 15.0 Å². The van der Waals surface area contributed by atoms with Crippen molar-refractivity contribution in [2.24, 2.45) is 0 Å². The third-order valence-electron chi connectivity index (χ3n) is 9.40. The van der Waals surface area contributed by atoms with Gasteiger partial charge in [0.2, 0.25) is 0 Å². The fraction of sp³-hybridized carbons (Fsp3) is 0. The Morgan fingerprint density at radius 1 is 0.370 bits per heavy atom. The van der Waals surface area contributed by atoms with E-state index in [4.69, 9.17) is 9.97 Å². The van der Waals surface area contributed by atoms with E-state index in [1.54, 1.807) is 0 Å². The van der Waals surface area contributed by atoms with Crippen LogP contribution in [0.2, 0.25) is 0 Å². The summed E-state index contributed by atoms with van der Waals surface area (Å²) in [7, 11) is 0. The highest BCUT2D eigenvalue weighted by molar-refractivity contribution is 6.25. The number of fused-ring (bicyclic) bond motifs is 4. The van der Waals surface area contributed by atoms with Gasteiger partial charge < -0.3 is 0 Å². The Morgan fingerprint density at radius 3 is 1.76 bits per heavy atom. The highest BCUT2D eigenvalue weighted by Gasteiger charge is 2.14. The van der Waals surface area contributed by atoms with Gasteiger partial charge in [0.25, 0.3) is 0 Å². The van der Waals surface area contributed by atoms with Crippen LogP contribution in [0.5, 0.6) is 0 Å². The SMILES string of the molecule is c1cc(-c2ccc3ccc4ccc(-c5cnc6ccccc6c5)nc4c3n2)cc(-c2ccc3ccc4cccc5ccc2c3c45)c1. The molecule has 3 heterocycles. The van der Waals surface area contributed by atoms with E-state index in [1.165, 1.54) is 43.4 Å². The van der Waals surface area contributed by atoms with Gasteiger partial charge in [0.15, 0.2) is 0 Å². The second-order valence-corrected chi connectivity index (χ2v) is 12.1. The van der Waals surface area contributed by atoms with Crippen molar-refractivity contribution >= 4 is 65.0 Å². The zero-order chi connectivity index (χ0) is 30.2. The predicted molar refractivity (Wildman–Crippen MR) is 192 cm³/mol. The van der Waals surface area contributed by atoms with Gasteiger partial charge in [-0.3, -0.25) is 4.98 Å². The van der Waals surface area contributed by atoms with Crippen molar-refractivity contribution in [2.45, 2.75) is 0 Å². The van der Waals surface area contributed by atoms with Crippen molar-refractivity contribution < 1.29 is 0 Å². The van der Waals surface area contributed by atoms with Gasteiger partial charge in [0.05, 0.1) is 27.9 Å². The quantitative estimate of drug-likeness (QED) is 0.194. The van der Waals surface area contributed by atoms with Gasteiger partial charge in [-0.15, -0.1) is 0 Å². The molecule has 3 aromatic heterocycles. The third-order valence-corrected chi connectivity index (χ3v) is 9.40. The summed E-state index contributed by atoms with van der Waals surface area (Å²) in [5, 5.41) is 11.0. The van der Waals surface area contributed by atoms with Gasteiger partial charge in [-0.25, -0.2) is 9.97 Å². The minimum absolute atomic E-state index is 0.890. The van der Waals surface area contributed by atoms with Crippen LogP contribution in [0.4, 0.5) is 0 Å². The standard InChI is InChI=1S/C43H25N3/c1-2-10-37-32(5-1)24-34(25-44-37)39-22-18-30-14-13-29-17-21-38(45-42(29)43(30)46-39)33-9-4-8-31(23-33)35-19-15-28-12-11-26-6-3-7-27-16-20-36(35)41(28)40(26)27/h1-25H. The second kappa shape index (κ2) is 9.65. The smallest absolute Gasteiger partial charge is 0.0972 e. The molecule has 0 saturated carbocycles. The van der Waals surface area contributed by atoms with E-state index in [0.29, 0.717) is 0 Å². The van der Waals surface area contributed by atoms with E-state index in [2.05, 4.69) is 132 Å². The van der Waals surface area contributed by atoms with Gasteiger partial charge in [0, 0.05) is 33.5 Å². The third kappa shape index (κ3) is 3.82. The van der Waals surface area contributed by atoms with E-state index in [-0.39, 0.29) is 0 Å². The number of hydrogen-bond acceptors (Lipinski definition) is 3. The van der Waals surface area contributed by atoms with Crippen molar-refractivity contribution in [1.29, 1.82) is 0 Å². The molecule has 0 atom stereocenters. The maximum absolute atomic E-state index is 5.24. The van der Waals surface area contributed by atoms with Gasteiger partial charge in [-0.1, -0.05) is 115 Å². The summed E-state index contributed by atoms with van der Waals surface area (Å²) in [5.74, 6) is 0. The van der Waals surface area contributed by atoms with Crippen LogP contribution in [-0.2, 0) is 0 Å². The molecular formula is C43H25N3. The van der Waals surface area contributed by atoms with Gasteiger partial charge in [-0.2, -0.15) is 0 Å². The fourth-order valence-corrected chi connectivity index (χ4v) is 7.13. The fourth-order valence-electron chi connectivity index (χ4n) is 7.13. The average molecular weight is 584 g/mol. The molecule has 0 amide bonds. The summed E-state index contributed by atoms with van der Waals surface area (Å²) < 4.78 is 0. The molecule has 0 spiro atoms. The summed E-state index contributed by atoms with van der Waals surface area (Å²) in [5.41, 5.74) is 9.08. The first kappa shape index (κ1) is 25.2. The van der Waals surface area contributed by atoms with E-state index < -0.39 is 0 Å². The Kier molecular flexibility index (Phi) is 5.28. The van der Waals surface area contributed by atoms with E-state index >= 15 is 0 Å². The maximum Gasteiger partial charge on any atom is 0.0972 e. The van der Waals surface area contributed by atoms with Gasteiger partial charge in [0.1, 0.15) is 0 Å². The first-order valence-corrected chi connectivity index (χ1v) is 15.6. The minimum atomic E-state index is 0.890. The molecule has 0 radical (unpaired) electrons. The van der Waals surface area contributed by atoms with Gasteiger partial charge in [-0.05, 0) is 73.8 Å². The molecule has 0 unspecified atom stereocenters. The topological polar surface area (TPSA) is 38.7 Å². The molecular weight excluding hydrogens is 558 g/mol. The lowest BCUT2D eigenvalue weighted by Crippen LogP contribution is -1.92. The first-order chi connectivity index (χ1) is 22.8. The lowest BCUT2D eigenvalue weighted by Gasteiger charge is -2.15. The molecule has 10 aromatic rings. The maximum atomic E-state index is 5.24. The summed E-state index contributed by atoms with van der Waals surface area (Å²) in [4.78, 5) is 15.1. The molecule has 3 heteroatoms. The molecule has 0 aliphatic carbocycles. The minimum Gasteiger partial charge on any atom is -0.256 e. The van der Waals surface area contributed by atoms with Crippen molar-refractivity contribution in [1.82, 2.24) is 15.0 Å². The van der Waals surface area contributed by atoms with Crippen molar-refractivity contribution in [3.8, 4) is 33.6 Å². The summed E-state index contributed by atoms with van der Waals surface area (Å²) in [6, 6.07) is 51.9. The predicted octanol–water partition coefficient (Wildman–Crippen LogP) is 11.2. The number of aromatic nitrogens is 3. The van der Waals surface area contributed by atoms with Gasteiger partial charge >= 0.3 is 0 Å². The van der Waals surface area contributed by atoms with Crippen LogP contribution in [0.1, 0.15) is 0 Å². The molecule has 7 aromatic carbocycles. The largest absolute Gasteiger partial charge is 0.256 e. The van der Waals surface area contributed by atoms with Crippen LogP contribution < -0.4 is 0 Å². The first-order valence-electron chi connectivity index (χ1n) is 15.6.